The molecule has 2 fully saturated rings. The summed E-state index contributed by atoms with van der Waals surface area (Å²) in [6, 6.07) is 4.86. The second-order valence-corrected chi connectivity index (χ2v) is 6.12. The van der Waals surface area contributed by atoms with Gasteiger partial charge in [-0.25, -0.2) is 0 Å². The Morgan fingerprint density at radius 2 is 2.10 bits per heavy atom. The maximum absolute atomic E-state index is 12.3. The number of nitrogen functional groups attached to an aromatic ring is 1. The summed E-state index contributed by atoms with van der Waals surface area (Å²) in [7, 11) is 2.21. The van der Waals surface area contributed by atoms with E-state index in [1.165, 1.54) is 19.3 Å². The van der Waals surface area contributed by atoms with E-state index in [2.05, 4.69) is 27.7 Å². The van der Waals surface area contributed by atoms with E-state index in [1.54, 1.807) is 18.3 Å². The fourth-order valence-electron chi connectivity index (χ4n) is 3.64. The van der Waals surface area contributed by atoms with Crippen molar-refractivity contribution in [2.45, 2.75) is 50.2 Å². The topological polar surface area (TPSA) is 83.3 Å². The summed E-state index contributed by atoms with van der Waals surface area (Å²) in [4.78, 5) is 18.9. The molecule has 1 amide bonds. The largest absolute Gasteiger partial charge is 0.348 e. The molecule has 2 unspecified atom stereocenters. The molecule has 0 aromatic carbocycles. The molecule has 6 heteroatoms. The Labute approximate surface area is 125 Å². The lowest BCUT2D eigenvalue weighted by Gasteiger charge is -2.47. The number of hydrazine groups is 1. The van der Waals surface area contributed by atoms with Gasteiger partial charge in [0.15, 0.2) is 0 Å². The van der Waals surface area contributed by atoms with E-state index < -0.39 is 0 Å². The molecule has 2 atom stereocenters. The van der Waals surface area contributed by atoms with Gasteiger partial charge in [0, 0.05) is 24.3 Å². The summed E-state index contributed by atoms with van der Waals surface area (Å²) in [6.07, 6.45) is 7.45. The van der Waals surface area contributed by atoms with Crippen LogP contribution in [0.15, 0.2) is 18.3 Å². The monoisotopic (exact) mass is 289 g/mol. The summed E-state index contributed by atoms with van der Waals surface area (Å²) >= 11 is 0. The predicted molar refractivity (Wildman–Crippen MR) is 81.7 cm³/mol. The van der Waals surface area contributed by atoms with E-state index in [9.17, 15) is 4.79 Å². The minimum absolute atomic E-state index is 0.111. The maximum Gasteiger partial charge on any atom is 0.270 e. The number of piperidine rings is 2. The quantitative estimate of drug-likeness (QED) is 0.573. The first-order valence-electron chi connectivity index (χ1n) is 7.63. The number of nitrogens with one attached hydrogen (secondary N) is 2. The van der Waals surface area contributed by atoms with Crippen LogP contribution in [0.3, 0.4) is 0 Å². The number of carbonyl (C=O) groups excluding carboxylic acids is 1. The number of hydrogen-bond acceptors (Lipinski definition) is 5. The normalized spacial score (nSPS) is 29.0. The van der Waals surface area contributed by atoms with Crippen molar-refractivity contribution in [1.29, 1.82) is 0 Å². The Balaban J connectivity index is 1.65. The van der Waals surface area contributed by atoms with Crippen molar-refractivity contribution >= 4 is 11.6 Å². The van der Waals surface area contributed by atoms with Gasteiger partial charge >= 0.3 is 0 Å². The second kappa shape index (κ2) is 5.99. The average Bonchev–Trinajstić information content (AvgIpc) is 2.48. The van der Waals surface area contributed by atoms with E-state index in [4.69, 9.17) is 5.84 Å². The standard InChI is InChI=1S/C15H23N5O/c1-20-12-3-2-4-13(20)8-11(7-12)18-15(21)14-9-10(19-16)5-6-17-14/h5-6,9,11-13H,2-4,7-8,16H2,1H3,(H,17,19)(H,18,21). The molecule has 0 aliphatic carbocycles. The first-order chi connectivity index (χ1) is 10.2. The number of anilines is 1. The molecule has 2 aliphatic rings. The zero-order valence-electron chi connectivity index (χ0n) is 12.4. The molecule has 2 aliphatic heterocycles. The summed E-state index contributed by atoms with van der Waals surface area (Å²) < 4.78 is 0. The first kappa shape index (κ1) is 14.3. The molecule has 1 aromatic rings. The first-order valence-corrected chi connectivity index (χ1v) is 7.63. The molecule has 6 nitrogen and oxygen atoms in total. The van der Waals surface area contributed by atoms with Gasteiger partial charge in [0.25, 0.3) is 5.91 Å². The molecule has 1 aromatic heterocycles. The number of amides is 1. The molecule has 0 saturated carbocycles. The molecule has 4 N–H and O–H groups in total. The molecule has 3 rings (SSSR count). The van der Waals surface area contributed by atoms with Gasteiger partial charge < -0.3 is 15.6 Å². The van der Waals surface area contributed by atoms with Crippen molar-refractivity contribution in [3.63, 3.8) is 0 Å². The molecule has 114 valence electrons. The molecule has 3 heterocycles. The van der Waals surface area contributed by atoms with Crippen LogP contribution in [0, 0.1) is 0 Å². The summed E-state index contributed by atoms with van der Waals surface area (Å²) in [5, 5.41) is 3.14. The number of hydrogen-bond donors (Lipinski definition) is 3. The average molecular weight is 289 g/mol. The third-order valence-electron chi connectivity index (χ3n) is 4.83. The van der Waals surface area contributed by atoms with Gasteiger partial charge in [-0.2, -0.15) is 0 Å². The van der Waals surface area contributed by atoms with Crippen LogP contribution in [0.4, 0.5) is 5.69 Å². The molecule has 2 bridgehead atoms. The highest BCUT2D eigenvalue weighted by atomic mass is 16.1. The molecular formula is C15H23N5O. The summed E-state index contributed by atoms with van der Waals surface area (Å²) in [5.74, 6) is 5.25. The summed E-state index contributed by atoms with van der Waals surface area (Å²) in [5.41, 5.74) is 3.64. The number of pyridine rings is 1. The van der Waals surface area contributed by atoms with E-state index in [0.717, 1.165) is 12.8 Å². The number of nitrogens with zero attached hydrogens (tertiary/aromatic N) is 2. The Bertz CT molecular complexity index is 507. The van der Waals surface area contributed by atoms with E-state index in [0.29, 0.717) is 23.5 Å². The van der Waals surface area contributed by atoms with Crippen molar-refractivity contribution in [2.24, 2.45) is 5.84 Å². The zero-order chi connectivity index (χ0) is 14.8. The number of rotatable bonds is 3. The molecule has 0 radical (unpaired) electrons. The Morgan fingerprint density at radius 1 is 1.38 bits per heavy atom. The minimum Gasteiger partial charge on any atom is -0.348 e. The van der Waals surface area contributed by atoms with Crippen LogP contribution in [0.1, 0.15) is 42.6 Å². The highest BCUT2D eigenvalue weighted by molar-refractivity contribution is 5.93. The van der Waals surface area contributed by atoms with Crippen molar-refractivity contribution in [3.05, 3.63) is 24.0 Å². The molecule has 0 spiro atoms. The van der Waals surface area contributed by atoms with Crippen LogP contribution in [0.25, 0.3) is 0 Å². The van der Waals surface area contributed by atoms with Gasteiger partial charge in [0.1, 0.15) is 5.69 Å². The van der Waals surface area contributed by atoms with Crippen molar-refractivity contribution in [2.75, 3.05) is 12.5 Å². The van der Waals surface area contributed by atoms with Crippen LogP contribution >= 0.6 is 0 Å². The van der Waals surface area contributed by atoms with Crippen LogP contribution < -0.4 is 16.6 Å². The van der Waals surface area contributed by atoms with Crippen LogP contribution in [0.2, 0.25) is 0 Å². The smallest absolute Gasteiger partial charge is 0.270 e. The lowest BCUT2D eigenvalue weighted by molar-refractivity contribution is 0.0462. The second-order valence-electron chi connectivity index (χ2n) is 6.12. The van der Waals surface area contributed by atoms with Gasteiger partial charge in [0.2, 0.25) is 0 Å². The van der Waals surface area contributed by atoms with Crippen molar-refractivity contribution in [1.82, 2.24) is 15.2 Å². The fraction of sp³-hybridized carbons (Fsp3) is 0.600. The highest BCUT2D eigenvalue weighted by Crippen LogP contribution is 2.32. The third kappa shape index (κ3) is 3.01. The maximum atomic E-state index is 12.3. The van der Waals surface area contributed by atoms with Crippen LogP contribution in [-0.2, 0) is 0 Å². The zero-order valence-corrected chi connectivity index (χ0v) is 12.4. The number of carbonyl (C=O) groups is 1. The van der Waals surface area contributed by atoms with E-state index in [-0.39, 0.29) is 11.9 Å². The summed E-state index contributed by atoms with van der Waals surface area (Å²) in [6.45, 7) is 0. The Hall–Kier alpha value is -1.66. The SMILES string of the molecule is CN1C2CCCC1CC(NC(=O)c1cc(NN)ccn1)C2. The van der Waals surface area contributed by atoms with Gasteiger partial charge in [-0.05, 0) is 44.9 Å². The van der Waals surface area contributed by atoms with Crippen molar-refractivity contribution in [3.8, 4) is 0 Å². The molecular weight excluding hydrogens is 266 g/mol. The molecule has 2 saturated heterocycles. The van der Waals surface area contributed by atoms with Gasteiger partial charge in [-0.15, -0.1) is 0 Å². The fourth-order valence-corrected chi connectivity index (χ4v) is 3.64. The molecule has 21 heavy (non-hydrogen) atoms. The third-order valence-corrected chi connectivity index (χ3v) is 4.83. The van der Waals surface area contributed by atoms with E-state index >= 15 is 0 Å². The van der Waals surface area contributed by atoms with Gasteiger partial charge in [-0.1, -0.05) is 6.42 Å². The van der Waals surface area contributed by atoms with Gasteiger partial charge in [-0.3, -0.25) is 15.6 Å². The predicted octanol–water partition coefficient (Wildman–Crippen LogP) is 1.11. The Kier molecular flexibility index (Phi) is 4.07. The minimum atomic E-state index is -0.111. The van der Waals surface area contributed by atoms with Crippen molar-refractivity contribution < 1.29 is 4.79 Å². The number of fused-ring (bicyclic) bond motifs is 2. The Morgan fingerprint density at radius 3 is 2.76 bits per heavy atom. The van der Waals surface area contributed by atoms with Crippen LogP contribution in [0.5, 0.6) is 0 Å². The number of nitrogens with two attached hydrogens (primary N) is 1. The van der Waals surface area contributed by atoms with Crippen LogP contribution in [-0.4, -0.2) is 41.0 Å². The number of aromatic nitrogens is 1. The van der Waals surface area contributed by atoms with Gasteiger partial charge in [0.05, 0.1) is 5.69 Å². The lowest BCUT2D eigenvalue weighted by Crippen LogP contribution is -2.55. The lowest BCUT2D eigenvalue weighted by atomic mass is 9.82. The highest BCUT2D eigenvalue weighted by Gasteiger charge is 2.36. The van der Waals surface area contributed by atoms with E-state index in [1.807, 2.05) is 0 Å².